The lowest BCUT2D eigenvalue weighted by molar-refractivity contribution is -0.139. The maximum absolute atomic E-state index is 13.7. The molecule has 0 amide bonds. The standard InChI is InChI=1S/C9H14F2N3O13P3S/c10-2-9(16)4(15)6(24-7(9)14-1-3(11)5(12)13-8(14)31)25-29(20,21)27-30(22,23)26-28(17,18)19/h1,4,6-7,15-16H,2H2,(H,20,21)(H,22,23)(H2,12,13,31)(H2,17,18,19)/t4-,6+,7+,9?/m0/s1. The van der Waals surface area contributed by atoms with E-state index in [1.807, 2.05) is 0 Å². The van der Waals surface area contributed by atoms with Gasteiger partial charge in [-0.1, -0.05) is 0 Å². The summed E-state index contributed by atoms with van der Waals surface area (Å²) in [5.74, 6) is -1.88. The topological polar surface area (TPSA) is 253 Å². The van der Waals surface area contributed by atoms with E-state index < -0.39 is 70.8 Å². The third kappa shape index (κ3) is 6.19. The number of aliphatic hydroxyl groups excluding tert-OH is 1. The Balaban J connectivity index is 2.32. The second-order valence-electron chi connectivity index (χ2n) is 5.79. The molecule has 0 bridgehead atoms. The third-order valence-corrected chi connectivity index (χ3v) is 7.62. The molecule has 0 spiro atoms. The van der Waals surface area contributed by atoms with Crippen LogP contribution in [0.5, 0.6) is 0 Å². The van der Waals surface area contributed by atoms with E-state index in [-0.39, 0.29) is 0 Å². The lowest BCUT2D eigenvalue weighted by Gasteiger charge is -2.28. The number of nitrogen functional groups attached to an aromatic ring is 1. The number of nitrogens with zero attached hydrogens (tertiary/aromatic N) is 2. The van der Waals surface area contributed by atoms with Crippen molar-refractivity contribution in [2.45, 2.75) is 24.2 Å². The minimum absolute atomic E-state index is 0.490. The molecule has 0 aliphatic carbocycles. The van der Waals surface area contributed by atoms with Gasteiger partial charge in [-0.05, 0) is 12.2 Å². The van der Waals surface area contributed by atoms with Gasteiger partial charge in [0.2, 0.25) is 11.1 Å². The van der Waals surface area contributed by atoms with Gasteiger partial charge in [-0.25, -0.2) is 22.5 Å². The highest BCUT2D eigenvalue weighted by atomic mass is 32.1. The molecule has 1 saturated heterocycles. The summed E-state index contributed by atoms with van der Waals surface area (Å²) >= 11 is 4.78. The molecule has 1 aliphatic heterocycles. The number of alkyl halides is 1. The fourth-order valence-electron chi connectivity index (χ4n) is 2.29. The largest absolute Gasteiger partial charge is 0.490 e. The molecular weight excluding hydrogens is 521 g/mol. The summed E-state index contributed by atoms with van der Waals surface area (Å²) in [5, 5.41) is 20.5. The molecule has 0 saturated carbocycles. The van der Waals surface area contributed by atoms with Crippen LogP contribution in [0.1, 0.15) is 6.23 Å². The first kappa shape index (κ1) is 26.5. The van der Waals surface area contributed by atoms with Gasteiger partial charge in [-0.2, -0.15) is 13.6 Å². The molecule has 0 aromatic carbocycles. The molecule has 1 aromatic heterocycles. The van der Waals surface area contributed by atoms with E-state index in [9.17, 15) is 37.6 Å². The van der Waals surface area contributed by atoms with E-state index in [2.05, 4.69) is 18.1 Å². The van der Waals surface area contributed by atoms with Gasteiger partial charge in [0.15, 0.2) is 23.5 Å². The van der Waals surface area contributed by atoms with Crippen LogP contribution in [-0.4, -0.2) is 64.0 Å². The molecular formula is C9H14F2N3O13P3S. The first-order valence-corrected chi connectivity index (χ1v) is 12.3. The van der Waals surface area contributed by atoms with Crippen LogP contribution in [-0.2, 0) is 31.6 Å². The second-order valence-corrected chi connectivity index (χ2v) is 10.5. The van der Waals surface area contributed by atoms with Crippen molar-refractivity contribution in [2.24, 2.45) is 0 Å². The first-order valence-electron chi connectivity index (χ1n) is 7.39. The van der Waals surface area contributed by atoms with Crippen molar-refractivity contribution in [3.8, 4) is 0 Å². The molecule has 16 nitrogen and oxygen atoms in total. The third-order valence-electron chi connectivity index (χ3n) is 3.51. The number of rotatable bonds is 8. The van der Waals surface area contributed by atoms with Crippen LogP contribution in [0, 0.1) is 10.6 Å². The minimum Gasteiger partial charge on any atom is -0.384 e. The zero-order valence-corrected chi connectivity index (χ0v) is 18.0. The zero-order valence-electron chi connectivity index (χ0n) is 14.5. The van der Waals surface area contributed by atoms with Gasteiger partial charge in [0.25, 0.3) is 0 Å². The fraction of sp³-hybridized carbons (Fsp3) is 0.556. The van der Waals surface area contributed by atoms with Crippen LogP contribution in [0.3, 0.4) is 0 Å². The van der Waals surface area contributed by atoms with E-state index in [1.54, 1.807) is 0 Å². The summed E-state index contributed by atoms with van der Waals surface area (Å²) in [4.78, 5) is 39.0. The van der Waals surface area contributed by atoms with Crippen molar-refractivity contribution in [3.05, 3.63) is 16.8 Å². The van der Waals surface area contributed by atoms with Crippen molar-refractivity contribution in [3.63, 3.8) is 0 Å². The minimum atomic E-state index is -5.91. The monoisotopic (exact) mass is 535 g/mol. The van der Waals surface area contributed by atoms with Gasteiger partial charge >= 0.3 is 23.5 Å². The lowest BCUT2D eigenvalue weighted by Crippen LogP contribution is -2.48. The molecule has 1 aliphatic rings. The van der Waals surface area contributed by atoms with Crippen molar-refractivity contribution in [2.75, 3.05) is 12.4 Å². The Morgan fingerprint density at radius 1 is 1.26 bits per heavy atom. The number of phosphoric ester groups is 1. The molecule has 6 atom stereocenters. The van der Waals surface area contributed by atoms with E-state index in [1.165, 1.54) is 0 Å². The number of phosphoric acid groups is 3. The number of hydrogen-bond donors (Lipinski definition) is 7. The Morgan fingerprint density at radius 2 is 1.84 bits per heavy atom. The van der Waals surface area contributed by atoms with Crippen LogP contribution < -0.4 is 5.73 Å². The normalized spacial score (nSPS) is 30.6. The van der Waals surface area contributed by atoms with Gasteiger partial charge in [-0.15, -0.1) is 0 Å². The van der Waals surface area contributed by atoms with Crippen LogP contribution in [0.25, 0.3) is 0 Å². The van der Waals surface area contributed by atoms with Crippen molar-refractivity contribution >= 4 is 41.5 Å². The molecule has 178 valence electrons. The van der Waals surface area contributed by atoms with E-state index in [4.69, 9.17) is 37.4 Å². The molecule has 2 heterocycles. The summed E-state index contributed by atoms with van der Waals surface area (Å²) in [6.07, 6.45) is -6.62. The Kier molecular flexibility index (Phi) is 7.60. The highest BCUT2D eigenvalue weighted by Crippen LogP contribution is 2.67. The predicted molar refractivity (Wildman–Crippen MR) is 93.2 cm³/mol. The van der Waals surface area contributed by atoms with Gasteiger partial charge in [0, 0.05) is 6.20 Å². The maximum atomic E-state index is 13.7. The Labute approximate surface area is 175 Å². The Hall–Kier alpha value is -0.750. The van der Waals surface area contributed by atoms with Crippen LogP contribution in [0.4, 0.5) is 14.6 Å². The number of nitrogens with two attached hydrogens (primary N) is 1. The number of ether oxygens (including phenoxy) is 1. The highest BCUT2D eigenvalue weighted by molar-refractivity contribution is 7.71. The summed E-state index contributed by atoms with van der Waals surface area (Å²) in [6, 6.07) is 0. The van der Waals surface area contributed by atoms with E-state index in [0.717, 1.165) is 0 Å². The smallest absolute Gasteiger partial charge is 0.384 e. The fourth-order valence-corrected chi connectivity index (χ4v) is 5.63. The number of aliphatic hydroxyl groups is 2. The van der Waals surface area contributed by atoms with Crippen LogP contribution in [0.15, 0.2) is 6.20 Å². The van der Waals surface area contributed by atoms with Crippen LogP contribution >= 0.6 is 35.7 Å². The lowest BCUT2D eigenvalue weighted by atomic mass is 9.98. The molecule has 1 aromatic rings. The van der Waals surface area contributed by atoms with Gasteiger partial charge in [0.05, 0.1) is 0 Å². The summed E-state index contributed by atoms with van der Waals surface area (Å²) in [7, 11) is -17.4. The molecule has 0 radical (unpaired) electrons. The van der Waals surface area contributed by atoms with Gasteiger partial charge in [-0.3, -0.25) is 9.09 Å². The Bertz CT molecular complexity index is 1050. The van der Waals surface area contributed by atoms with Crippen molar-refractivity contribution in [1.82, 2.24) is 9.55 Å². The van der Waals surface area contributed by atoms with E-state index >= 15 is 0 Å². The highest BCUT2D eigenvalue weighted by Gasteiger charge is 2.59. The SMILES string of the molecule is Nc1nc(=S)n([C@@H]2O[C@H](OP(=O)(O)OP(=O)(O)OP(=O)(O)O)[C@H](O)C2(O)CF)cc1F. The molecule has 22 heteroatoms. The first-order chi connectivity index (χ1) is 13.9. The summed E-state index contributed by atoms with van der Waals surface area (Å²) < 4.78 is 77.1. The number of hydrogen-bond acceptors (Lipinski definition) is 12. The maximum Gasteiger partial charge on any atom is 0.490 e. The van der Waals surface area contributed by atoms with Gasteiger partial charge in [0.1, 0.15) is 12.8 Å². The Morgan fingerprint density at radius 3 is 2.35 bits per heavy atom. The quantitative estimate of drug-likeness (QED) is 0.165. The average Bonchev–Trinajstić information content (AvgIpc) is 2.79. The molecule has 31 heavy (non-hydrogen) atoms. The van der Waals surface area contributed by atoms with Crippen LogP contribution in [0.2, 0.25) is 0 Å². The number of anilines is 1. The molecule has 8 N–H and O–H groups in total. The van der Waals surface area contributed by atoms with E-state index in [0.29, 0.717) is 10.8 Å². The number of aromatic nitrogens is 2. The zero-order chi connectivity index (χ0) is 24.0. The molecule has 3 unspecified atom stereocenters. The van der Waals surface area contributed by atoms with Gasteiger partial charge < -0.3 is 40.3 Å². The summed E-state index contributed by atoms with van der Waals surface area (Å²) in [6.45, 7) is -1.82. The van der Waals surface area contributed by atoms with Crippen molar-refractivity contribution in [1.29, 1.82) is 0 Å². The van der Waals surface area contributed by atoms with Crippen molar-refractivity contribution < 1.29 is 70.1 Å². The molecule has 2 rings (SSSR count). The summed E-state index contributed by atoms with van der Waals surface area (Å²) in [5.41, 5.74) is 2.22. The number of halogens is 2. The average molecular weight is 535 g/mol. The predicted octanol–water partition coefficient (Wildman–Crippen LogP) is -0.406. The second kappa shape index (κ2) is 8.89. The molecule has 1 fully saturated rings.